The molecular formula is C23H27N5OS. The van der Waals surface area contributed by atoms with Gasteiger partial charge in [-0.2, -0.15) is 0 Å². The van der Waals surface area contributed by atoms with Crippen molar-refractivity contribution in [3.8, 4) is 10.6 Å². The first-order valence-electron chi connectivity index (χ1n) is 10.3. The summed E-state index contributed by atoms with van der Waals surface area (Å²) in [6.07, 6.45) is 2.01. The Morgan fingerprint density at radius 1 is 1.10 bits per heavy atom. The van der Waals surface area contributed by atoms with E-state index in [1.54, 1.807) is 17.5 Å². The fraction of sp³-hybridized carbons (Fsp3) is 0.348. The van der Waals surface area contributed by atoms with Crippen molar-refractivity contribution in [3.05, 3.63) is 71.0 Å². The van der Waals surface area contributed by atoms with E-state index in [2.05, 4.69) is 51.4 Å². The monoisotopic (exact) mass is 421 g/mol. The highest BCUT2D eigenvalue weighted by atomic mass is 32.1. The highest BCUT2D eigenvalue weighted by Gasteiger charge is 2.15. The summed E-state index contributed by atoms with van der Waals surface area (Å²) < 4.78 is 0. The fourth-order valence-corrected chi connectivity index (χ4v) is 4.32. The summed E-state index contributed by atoms with van der Waals surface area (Å²) in [5.74, 6) is -0.0404. The number of nitrogens with zero attached hydrogens (tertiary/aromatic N) is 4. The summed E-state index contributed by atoms with van der Waals surface area (Å²) >= 11 is 1.59. The molecule has 1 aliphatic rings. The molecule has 4 rings (SSSR count). The van der Waals surface area contributed by atoms with Crippen LogP contribution in [0.25, 0.3) is 10.6 Å². The number of rotatable bonds is 7. The van der Waals surface area contributed by atoms with Crippen LogP contribution in [-0.2, 0) is 24.3 Å². The minimum Gasteiger partial charge on any atom is -0.350 e. The third-order valence-corrected chi connectivity index (χ3v) is 6.20. The van der Waals surface area contributed by atoms with Gasteiger partial charge in [0.15, 0.2) is 0 Å². The number of carbonyl (C=O) groups is 1. The molecule has 0 radical (unpaired) electrons. The zero-order chi connectivity index (χ0) is 20.8. The maximum atomic E-state index is 12.2. The number of hydrogen-bond donors (Lipinski definition) is 1. The number of hydrogen-bond acceptors (Lipinski definition) is 6. The van der Waals surface area contributed by atoms with Crippen LogP contribution >= 0.6 is 11.3 Å². The Hall–Kier alpha value is -2.61. The molecule has 0 spiro atoms. The maximum absolute atomic E-state index is 12.2. The Morgan fingerprint density at radius 3 is 2.77 bits per heavy atom. The molecule has 30 heavy (non-hydrogen) atoms. The summed E-state index contributed by atoms with van der Waals surface area (Å²) in [7, 11) is 2.18. The lowest BCUT2D eigenvalue weighted by molar-refractivity contribution is -0.120. The molecular weight excluding hydrogens is 394 g/mol. The Bertz CT molecular complexity index is 966. The van der Waals surface area contributed by atoms with Crippen LogP contribution < -0.4 is 5.32 Å². The number of thiazole rings is 1. The van der Waals surface area contributed by atoms with Gasteiger partial charge in [0.1, 0.15) is 5.01 Å². The van der Waals surface area contributed by atoms with Crippen LogP contribution in [0.1, 0.15) is 17.0 Å². The van der Waals surface area contributed by atoms with E-state index in [4.69, 9.17) is 4.98 Å². The number of piperazine rings is 1. The number of pyridine rings is 1. The second-order valence-corrected chi connectivity index (χ2v) is 8.56. The molecule has 0 bridgehead atoms. The van der Waals surface area contributed by atoms with E-state index in [1.165, 1.54) is 5.56 Å². The van der Waals surface area contributed by atoms with Gasteiger partial charge >= 0.3 is 0 Å². The Balaban J connectivity index is 1.33. The average Bonchev–Trinajstić information content (AvgIpc) is 3.23. The van der Waals surface area contributed by atoms with Gasteiger partial charge in [-0.05, 0) is 30.8 Å². The number of benzene rings is 1. The lowest BCUT2D eigenvalue weighted by atomic mass is 10.1. The Morgan fingerprint density at radius 2 is 1.97 bits per heavy atom. The molecule has 1 aliphatic heterocycles. The molecule has 1 N–H and O–H groups in total. The van der Waals surface area contributed by atoms with Gasteiger partial charge in [0.25, 0.3) is 0 Å². The van der Waals surface area contributed by atoms with E-state index in [0.717, 1.165) is 54.7 Å². The van der Waals surface area contributed by atoms with Crippen LogP contribution in [-0.4, -0.2) is 58.9 Å². The molecule has 0 unspecified atom stereocenters. The minimum atomic E-state index is -0.0404. The zero-order valence-electron chi connectivity index (χ0n) is 17.3. The Kier molecular flexibility index (Phi) is 6.84. The van der Waals surface area contributed by atoms with Crippen molar-refractivity contribution in [2.24, 2.45) is 0 Å². The van der Waals surface area contributed by atoms with Gasteiger partial charge in [-0.15, -0.1) is 11.3 Å². The first-order valence-corrected chi connectivity index (χ1v) is 11.1. The first kappa shape index (κ1) is 20.7. The van der Waals surface area contributed by atoms with E-state index in [1.807, 2.05) is 23.6 Å². The predicted molar refractivity (Wildman–Crippen MR) is 120 cm³/mol. The fourth-order valence-electron chi connectivity index (χ4n) is 3.51. The van der Waals surface area contributed by atoms with Crippen LogP contribution in [0.2, 0.25) is 0 Å². The van der Waals surface area contributed by atoms with Gasteiger partial charge in [-0.1, -0.05) is 24.3 Å². The lowest BCUT2D eigenvalue weighted by Gasteiger charge is -2.32. The smallest absolute Gasteiger partial charge is 0.226 e. The molecule has 2 aromatic heterocycles. The van der Waals surface area contributed by atoms with Gasteiger partial charge in [-0.25, -0.2) is 4.98 Å². The largest absolute Gasteiger partial charge is 0.350 e. The van der Waals surface area contributed by atoms with Crippen molar-refractivity contribution in [2.45, 2.75) is 19.5 Å². The normalized spacial score (nSPS) is 15.2. The average molecular weight is 422 g/mol. The van der Waals surface area contributed by atoms with Gasteiger partial charge < -0.3 is 10.2 Å². The van der Waals surface area contributed by atoms with Crippen molar-refractivity contribution in [1.29, 1.82) is 0 Å². The second-order valence-electron chi connectivity index (χ2n) is 7.70. The van der Waals surface area contributed by atoms with E-state index < -0.39 is 0 Å². The van der Waals surface area contributed by atoms with Crippen LogP contribution in [0.15, 0.2) is 54.0 Å². The molecule has 6 nitrogen and oxygen atoms in total. The summed E-state index contributed by atoms with van der Waals surface area (Å²) in [5.41, 5.74) is 4.08. The molecule has 0 aliphatic carbocycles. The molecule has 7 heteroatoms. The van der Waals surface area contributed by atoms with E-state index in [-0.39, 0.29) is 12.3 Å². The molecule has 0 saturated carbocycles. The number of amides is 1. The Labute approximate surface area is 181 Å². The van der Waals surface area contributed by atoms with Gasteiger partial charge in [-0.3, -0.25) is 14.7 Å². The highest BCUT2D eigenvalue weighted by Crippen LogP contribution is 2.25. The first-order chi connectivity index (χ1) is 14.7. The number of aromatic nitrogens is 2. The zero-order valence-corrected chi connectivity index (χ0v) is 18.1. The van der Waals surface area contributed by atoms with Crippen molar-refractivity contribution in [3.63, 3.8) is 0 Å². The van der Waals surface area contributed by atoms with E-state index in [0.29, 0.717) is 6.54 Å². The summed E-state index contributed by atoms with van der Waals surface area (Å²) in [6, 6.07) is 14.3. The van der Waals surface area contributed by atoms with Crippen LogP contribution in [0, 0.1) is 0 Å². The van der Waals surface area contributed by atoms with E-state index in [9.17, 15) is 4.79 Å². The van der Waals surface area contributed by atoms with Crippen LogP contribution in [0.3, 0.4) is 0 Å². The number of nitrogens with one attached hydrogen (secondary N) is 1. The second kappa shape index (κ2) is 9.93. The van der Waals surface area contributed by atoms with Crippen molar-refractivity contribution in [2.75, 3.05) is 33.2 Å². The van der Waals surface area contributed by atoms with Gasteiger partial charge in [0.05, 0.1) is 24.4 Å². The number of likely N-dealkylation sites (N-methyl/N-ethyl adjacent to an activating group) is 1. The third-order valence-electron chi connectivity index (χ3n) is 5.26. The SMILES string of the molecule is CN1CCN(Cc2cccc(-c3nc(CC(=O)NCc4ccccn4)cs3)c2)CC1. The third kappa shape index (κ3) is 5.72. The van der Waals surface area contributed by atoms with Crippen LogP contribution in [0.4, 0.5) is 0 Å². The van der Waals surface area contributed by atoms with E-state index >= 15 is 0 Å². The number of carbonyl (C=O) groups excluding carboxylic acids is 1. The molecule has 1 fully saturated rings. The van der Waals surface area contributed by atoms with Gasteiger partial charge in [0.2, 0.25) is 5.91 Å². The predicted octanol–water partition coefficient (Wildman–Crippen LogP) is 2.81. The molecule has 3 heterocycles. The van der Waals surface area contributed by atoms with Crippen molar-refractivity contribution in [1.82, 2.24) is 25.1 Å². The van der Waals surface area contributed by atoms with Gasteiger partial charge in [0, 0.05) is 49.9 Å². The topological polar surface area (TPSA) is 61.4 Å². The standard InChI is InChI=1S/C23H27N5OS/c1-27-9-11-28(12-10-27)16-18-5-4-6-19(13-18)23-26-21(17-30-23)14-22(29)25-15-20-7-2-3-8-24-20/h2-8,13,17H,9-12,14-16H2,1H3,(H,25,29). The lowest BCUT2D eigenvalue weighted by Crippen LogP contribution is -2.43. The summed E-state index contributed by atoms with van der Waals surface area (Å²) in [6.45, 7) is 5.86. The summed E-state index contributed by atoms with van der Waals surface area (Å²) in [5, 5.41) is 5.84. The van der Waals surface area contributed by atoms with Crippen LogP contribution in [0.5, 0.6) is 0 Å². The summed E-state index contributed by atoms with van der Waals surface area (Å²) in [4.78, 5) is 26.0. The molecule has 3 aromatic rings. The molecule has 1 saturated heterocycles. The molecule has 1 aromatic carbocycles. The molecule has 0 atom stereocenters. The molecule has 156 valence electrons. The molecule has 1 amide bonds. The quantitative estimate of drug-likeness (QED) is 0.636. The maximum Gasteiger partial charge on any atom is 0.226 e. The minimum absolute atomic E-state index is 0.0404. The van der Waals surface area contributed by atoms with Crippen molar-refractivity contribution >= 4 is 17.2 Å². The van der Waals surface area contributed by atoms with Crippen molar-refractivity contribution < 1.29 is 4.79 Å². The highest BCUT2D eigenvalue weighted by molar-refractivity contribution is 7.13.